The second-order valence-electron chi connectivity index (χ2n) is 6.85. The van der Waals surface area contributed by atoms with E-state index >= 15 is 0 Å². The van der Waals surface area contributed by atoms with Crippen molar-refractivity contribution in [3.05, 3.63) is 42.9 Å². The van der Waals surface area contributed by atoms with Gasteiger partial charge in [-0.05, 0) is 29.8 Å². The summed E-state index contributed by atoms with van der Waals surface area (Å²) < 4.78 is 9.15. The van der Waals surface area contributed by atoms with Gasteiger partial charge in [-0.1, -0.05) is 0 Å². The SMILES string of the molecule is COc1nc(NC2CN(C(C)=O)C2)nn2ccc(-c3ccn4nccc4c3)c12. The number of hydrogen-bond donors (Lipinski definition) is 1. The lowest BCUT2D eigenvalue weighted by Crippen LogP contribution is -2.56. The highest BCUT2D eigenvalue weighted by molar-refractivity contribution is 5.85. The van der Waals surface area contributed by atoms with Gasteiger partial charge in [0.1, 0.15) is 5.52 Å². The first-order valence-corrected chi connectivity index (χ1v) is 9.01. The number of pyridine rings is 1. The summed E-state index contributed by atoms with van der Waals surface area (Å²) in [5.74, 6) is 1.05. The summed E-state index contributed by atoms with van der Waals surface area (Å²) in [6.45, 7) is 2.88. The lowest BCUT2D eigenvalue weighted by Gasteiger charge is -2.38. The Bertz CT molecular complexity index is 1190. The number of fused-ring (bicyclic) bond motifs is 2. The van der Waals surface area contributed by atoms with Crippen molar-refractivity contribution in [3.63, 3.8) is 0 Å². The molecule has 0 aliphatic carbocycles. The third-order valence-corrected chi connectivity index (χ3v) is 5.04. The van der Waals surface area contributed by atoms with Crippen LogP contribution in [0, 0.1) is 0 Å². The van der Waals surface area contributed by atoms with Gasteiger partial charge in [-0.15, -0.1) is 5.10 Å². The molecule has 142 valence electrons. The van der Waals surface area contributed by atoms with Gasteiger partial charge in [0, 0.05) is 44.2 Å². The van der Waals surface area contributed by atoms with Crippen LogP contribution in [-0.2, 0) is 4.79 Å². The molecular formula is C19H19N7O2. The van der Waals surface area contributed by atoms with Crippen molar-refractivity contribution in [1.82, 2.24) is 29.1 Å². The Morgan fingerprint density at radius 3 is 2.82 bits per heavy atom. The zero-order chi connectivity index (χ0) is 19.3. The van der Waals surface area contributed by atoms with Crippen LogP contribution in [0.15, 0.2) is 42.9 Å². The molecule has 0 aromatic carbocycles. The molecule has 4 aromatic heterocycles. The number of ether oxygens (including phenoxy) is 1. The lowest BCUT2D eigenvalue weighted by molar-refractivity contribution is -0.132. The van der Waals surface area contributed by atoms with E-state index in [0.29, 0.717) is 24.9 Å². The quantitative estimate of drug-likeness (QED) is 0.582. The minimum absolute atomic E-state index is 0.0807. The number of carbonyl (C=O) groups excluding carboxylic acids is 1. The molecule has 0 unspecified atom stereocenters. The maximum Gasteiger partial charge on any atom is 0.244 e. The Balaban J connectivity index is 1.50. The van der Waals surface area contributed by atoms with E-state index in [4.69, 9.17) is 4.74 Å². The first-order chi connectivity index (χ1) is 13.6. The van der Waals surface area contributed by atoms with Crippen LogP contribution in [-0.4, -0.2) is 61.3 Å². The Hall–Kier alpha value is -3.62. The maximum atomic E-state index is 11.3. The highest BCUT2D eigenvalue weighted by Crippen LogP contribution is 2.32. The van der Waals surface area contributed by atoms with Gasteiger partial charge >= 0.3 is 0 Å². The fourth-order valence-electron chi connectivity index (χ4n) is 3.53. The first kappa shape index (κ1) is 16.5. The van der Waals surface area contributed by atoms with E-state index in [2.05, 4.69) is 26.6 Å². The molecule has 4 aromatic rings. The Morgan fingerprint density at radius 2 is 2.04 bits per heavy atom. The summed E-state index contributed by atoms with van der Waals surface area (Å²) in [5.41, 5.74) is 3.83. The van der Waals surface area contributed by atoms with E-state index in [1.54, 1.807) is 29.6 Å². The van der Waals surface area contributed by atoms with Crippen LogP contribution in [0.3, 0.4) is 0 Å². The molecule has 0 bridgehead atoms. The molecule has 1 fully saturated rings. The molecule has 1 aliphatic rings. The number of aromatic nitrogens is 5. The number of likely N-dealkylation sites (tertiary alicyclic amines) is 1. The topological polar surface area (TPSA) is 89.1 Å². The van der Waals surface area contributed by atoms with Gasteiger partial charge in [0.05, 0.1) is 18.7 Å². The van der Waals surface area contributed by atoms with Crippen molar-refractivity contribution in [1.29, 1.82) is 0 Å². The Labute approximate surface area is 160 Å². The van der Waals surface area contributed by atoms with E-state index in [9.17, 15) is 4.79 Å². The number of nitrogens with one attached hydrogen (secondary N) is 1. The van der Waals surface area contributed by atoms with Gasteiger partial charge < -0.3 is 15.0 Å². The number of anilines is 1. The molecule has 0 spiro atoms. The largest absolute Gasteiger partial charge is 0.479 e. The van der Waals surface area contributed by atoms with Crippen molar-refractivity contribution in [2.75, 3.05) is 25.5 Å². The molecule has 1 aliphatic heterocycles. The summed E-state index contributed by atoms with van der Waals surface area (Å²) in [7, 11) is 1.60. The molecule has 1 saturated heterocycles. The van der Waals surface area contributed by atoms with E-state index in [1.807, 2.05) is 35.1 Å². The predicted octanol–water partition coefficient (Wildman–Crippen LogP) is 1.70. The highest BCUT2D eigenvalue weighted by Gasteiger charge is 2.29. The van der Waals surface area contributed by atoms with Crippen LogP contribution in [0.4, 0.5) is 5.95 Å². The Kier molecular flexibility index (Phi) is 3.68. The average molecular weight is 377 g/mol. The van der Waals surface area contributed by atoms with Crippen molar-refractivity contribution in [2.24, 2.45) is 0 Å². The summed E-state index contributed by atoms with van der Waals surface area (Å²) in [4.78, 5) is 17.6. The number of amides is 1. The minimum atomic E-state index is 0.0807. The molecule has 1 amide bonds. The lowest BCUT2D eigenvalue weighted by atomic mass is 10.1. The second-order valence-corrected chi connectivity index (χ2v) is 6.85. The van der Waals surface area contributed by atoms with Crippen molar-refractivity contribution in [3.8, 4) is 17.0 Å². The third kappa shape index (κ3) is 2.63. The van der Waals surface area contributed by atoms with Crippen LogP contribution in [0.5, 0.6) is 5.88 Å². The fourth-order valence-corrected chi connectivity index (χ4v) is 3.53. The molecule has 0 saturated carbocycles. The molecule has 5 heterocycles. The summed E-state index contributed by atoms with van der Waals surface area (Å²) in [6.07, 6.45) is 5.59. The zero-order valence-corrected chi connectivity index (χ0v) is 15.5. The number of rotatable bonds is 4. The summed E-state index contributed by atoms with van der Waals surface area (Å²) >= 11 is 0. The van der Waals surface area contributed by atoms with E-state index in [0.717, 1.165) is 22.2 Å². The van der Waals surface area contributed by atoms with Gasteiger partial charge in [0.15, 0.2) is 0 Å². The normalized spacial score (nSPS) is 14.4. The Morgan fingerprint density at radius 1 is 1.21 bits per heavy atom. The monoisotopic (exact) mass is 377 g/mol. The van der Waals surface area contributed by atoms with E-state index in [1.165, 1.54) is 0 Å². The van der Waals surface area contributed by atoms with Crippen LogP contribution in [0.2, 0.25) is 0 Å². The second kappa shape index (κ2) is 6.22. The zero-order valence-electron chi connectivity index (χ0n) is 15.5. The molecule has 1 N–H and O–H groups in total. The van der Waals surface area contributed by atoms with Crippen molar-refractivity contribution >= 4 is 22.9 Å². The fraction of sp³-hybridized carbons (Fsp3) is 0.263. The van der Waals surface area contributed by atoms with Crippen LogP contribution >= 0.6 is 0 Å². The molecule has 28 heavy (non-hydrogen) atoms. The number of hydrogen-bond acceptors (Lipinski definition) is 6. The number of methoxy groups -OCH3 is 1. The van der Waals surface area contributed by atoms with Gasteiger partial charge in [-0.25, -0.2) is 9.03 Å². The van der Waals surface area contributed by atoms with Crippen LogP contribution in [0.1, 0.15) is 6.92 Å². The van der Waals surface area contributed by atoms with Crippen LogP contribution in [0.25, 0.3) is 22.2 Å². The molecule has 0 radical (unpaired) electrons. The summed E-state index contributed by atoms with van der Waals surface area (Å²) in [6, 6.07) is 8.18. The van der Waals surface area contributed by atoms with Crippen molar-refractivity contribution in [2.45, 2.75) is 13.0 Å². The number of nitrogens with zero attached hydrogens (tertiary/aromatic N) is 6. The predicted molar refractivity (Wildman–Crippen MR) is 103 cm³/mol. The van der Waals surface area contributed by atoms with E-state index < -0.39 is 0 Å². The smallest absolute Gasteiger partial charge is 0.244 e. The highest BCUT2D eigenvalue weighted by atomic mass is 16.5. The van der Waals surface area contributed by atoms with Crippen LogP contribution < -0.4 is 10.1 Å². The van der Waals surface area contributed by atoms with Gasteiger partial charge in [0.25, 0.3) is 0 Å². The minimum Gasteiger partial charge on any atom is -0.479 e. The van der Waals surface area contributed by atoms with Crippen molar-refractivity contribution < 1.29 is 9.53 Å². The standard InChI is InChI=1S/C19H19N7O2/c1-12(27)24-10-14(11-24)21-19-22-18(28-2)17-16(5-8-26(17)23-19)13-4-7-25-15(9-13)3-6-20-25/h3-9,14H,10-11H2,1-2H3,(H,21,23). The third-order valence-electron chi connectivity index (χ3n) is 5.04. The molecule has 9 heteroatoms. The summed E-state index contributed by atoms with van der Waals surface area (Å²) in [5, 5.41) is 12.1. The first-order valence-electron chi connectivity index (χ1n) is 9.01. The maximum absolute atomic E-state index is 11.3. The molecule has 9 nitrogen and oxygen atoms in total. The number of carbonyl (C=O) groups is 1. The van der Waals surface area contributed by atoms with Gasteiger partial charge in [-0.2, -0.15) is 10.1 Å². The van der Waals surface area contributed by atoms with E-state index in [-0.39, 0.29) is 11.9 Å². The molecular weight excluding hydrogens is 358 g/mol. The molecule has 0 atom stereocenters. The van der Waals surface area contributed by atoms with Gasteiger partial charge in [-0.3, -0.25) is 4.79 Å². The average Bonchev–Trinajstić information content (AvgIpc) is 3.29. The molecule has 5 rings (SSSR count). The van der Waals surface area contributed by atoms with Gasteiger partial charge in [0.2, 0.25) is 17.7 Å².